The number of rotatable bonds is 7. The van der Waals surface area contributed by atoms with E-state index >= 15 is 0 Å². The van der Waals surface area contributed by atoms with Crippen LogP contribution in [0.4, 0.5) is 0 Å². The van der Waals surface area contributed by atoms with Crippen molar-refractivity contribution in [2.24, 2.45) is 0 Å². The normalized spacial score (nSPS) is 12.1. The van der Waals surface area contributed by atoms with Crippen LogP contribution >= 0.6 is 34.9 Å². The minimum Gasteiger partial charge on any atom is -0.351 e. The standard InChI is InChI=1S/C15H19N3OS3/c1-4-20-14-17-18-15(22-14)21-11(3)13(19)16-9-12-7-5-10(2)6-8-12/h5-8,11H,4,9H2,1-3H3,(H,16,19). The number of amides is 1. The van der Waals surface area contributed by atoms with Crippen LogP contribution in [-0.4, -0.2) is 27.1 Å². The average Bonchev–Trinajstić information content (AvgIpc) is 2.94. The van der Waals surface area contributed by atoms with Gasteiger partial charge in [0.25, 0.3) is 0 Å². The van der Waals surface area contributed by atoms with Gasteiger partial charge in [-0.2, -0.15) is 0 Å². The summed E-state index contributed by atoms with van der Waals surface area (Å²) in [5.41, 5.74) is 2.32. The smallest absolute Gasteiger partial charge is 0.233 e. The molecule has 0 bridgehead atoms. The summed E-state index contributed by atoms with van der Waals surface area (Å²) in [7, 11) is 0. The van der Waals surface area contributed by atoms with E-state index < -0.39 is 0 Å². The number of nitrogens with one attached hydrogen (secondary N) is 1. The first-order valence-electron chi connectivity index (χ1n) is 7.04. The van der Waals surface area contributed by atoms with Crippen LogP contribution in [-0.2, 0) is 11.3 Å². The van der Waals surface area contributed by atoms with Gasteiger partial charge in [-0.1, -0.05) is 71.6 Å². The number of nitrogens with zero attached hydrogens (tertiary/aromatic N) is 2. The second-order valence-electron chi connectivity index (χ2n) is 4.73. The fourth-order valence-corrected chi connectivity index (χ4v) is 4.76. The Kier molecular flexibility index (Phi) is 6.72. The van der Waals surface area contributed by atoms with E-state index in [0.717, 1.165) is 20.0 Å². The third-order valence-electron chi connectivity index (χ3n) is 2.89. The fraction of sp³-hybridized carbons (Fsp3) is 0.400. The largest absolute Gasteiger partial charge is 0.351 e. The quantitative estimate of drug-likeness (QED) is 0.768. The lowest BCUT2D eigenvalue weighted by Gasteiger charge is -2.10. The van der Waals surface area contributed by atoms with Gasteiger partial charge in [-0.15, -0.1) is 10.2 Å². The van der Waals surface area contributed by atoms with Crippen molar-refractivity contribution in [1.82, 2.24) is 15.5 Å². The summed E-state index contributed by atoms with van der Waals surface area (Å²) in [6.45, 7) is 6.58. The van der Waals surface area contributed by atoms with Crippen LogP contribution in [0.25, 0.3) is 0 Å². The molecule has 2 rings (SSSR count). The van der Waals surface area contributed by atoms with Gasteiger partial charge in [0, 0.05) is 6.54 Å². The molecule has 22 heavy (non-hydrogen) atoms. The van der Waals surface area contributed by atoms with Gasteiger partial charge in [-0.3, -0.25) is 4.79 Å². The third-order valence-corrected chi connectivity index (χ3v) is 6.01. The zero-order valence-electron chi connectivity index (χ0n) is 12.8. The molecule has 1 aromatic carbocycles. The van der Waals surface area contributed by atoms with Crippen LogP contribution in [0.15, 0.2) is 32.9 Å². The molecule has 1 aromatic heterocycles. The number of carbonyl (C=O) groups excluding carboxylic acids is 1. The van der Waals surface area contributed by atoms with Crippen molar-refractivity contribution in [2.75, 3.05) is 5.75 Å². The Morgan fingerprint density at radius 3 is 2.64 bits per heavy atom. The Labute approximate surface area is 143 Å². The van der Waals surface area contributed by atoms with Gasteiger partial charge in [0.1, 0.15) is 0 Å². The molecule has 0 spiro atoms. The number of aromatic nitrogens is 2. The molecule has 1 amide bonds. The molecule has 1 unspecified atom stereocenters. The molecule has 0 aliphatic carbocycles. The molecule has 0 saturated heterocycles. The van der Waals surface area contributed by atoms with Gasteiger partial charge >= 0.3 is 0 Å². The van der Waals surface area contributed by atoms with E-state index in [0.29, 0.717) is 6.54 Å². The molecular formula is C15H19N3OS3. The molecule has 7 heteroatoms. The maximum atomic E-state index is 12.1. The van der Waals surface area contributed by atoms with E-state index in [2.05, 4.69) is 22.4 Å². The predicted molar refractivity (Wildman–Crippen MR) is 94.7 cm³/mol. The lowest BCUT2D eigenvalue weighted by Crippen LogP contribution is -2.30. The topological polar surface area (TPSA) is 54.9 Å². The van der Waals surface area contributed by atoms with Crippen molar-refractivity contribution >= 4 is 40.8 Å². The monoisotopic (exact) mass is 353 g/mol. The molecule has 1 N–H and O–H groups in total. The molecule has 2 aromatic rings. The summed E-state index contributed by atoms with van der Waals surface area (Å²) in [6.07, 6.45) is 0. The highest BCUT2D eigenvalue weighted by Gasteiger charge is 2.16. The Balaban J connectivity index is 1.82. The number of carbonyl (C=O) groups is 1. The molecule has 118 valence electrons. The van der Waals surface area contributed by atoms with Gasteiger partial charge in [0.05, 0.1) is 5.25 Å². The summed E-state index contributed by atoms with van der Waals surface area (Å²) in [6, 6.07) is 8.17. The molecule has 1 atom stereocenters. The fourth-order valence-electron chi connectivity index (χ4n) is 1.67. The highest BCUT2D eigenvalue weighted by Crippen LogP contribution is 2.31. The summed E-state index contributed by atoms with van der Waals surface area (Å²) >= 11 is 4.67. The maximum absolute atomic E-state index is 12.1. The number of thioether (sulfide) groups is 2. The van der Waals surface area contributed by atoms with Crippen molar-refractivity contribution in [2.45, 2.75) is 41.2 Å². The van der Waals surface area contributed by atoms with Gasteiger partial charge in [-0.25, -0.2) is 0 Å². The number of benzene rings is 1. The van der Waals surface area contributed by atoms with Gasteiger partial charge in [0.2, 0.25) is 5.91 Å². The molecule has 0 saturated carbocycles. The van der Waals surface area contributed by atoms with Gasteiger partial charge < -0.3 is 5.32 Å². The van der Waals surface area contributed by atoms with Crippen molar-refractivity contribution in [1.29, 1.82) is 0 Å². The Morgan fingerprint density at radius 2 is 1.95 bits per heavy atom. The van der Waals surface area contributed by atoms with Gasteiger partial charge in [0.15, 0.2) is 8.68 Å². The Hall–Kier alpha value is -1.05. The number of hydrogen-bond donors (Lipinski definition) is 1. The second-order valence-corrected chi connectivity index (χ2v) is 8.81. The lowest BCUT2D eigenvalue weighted by atomic mass is 10.1. The van der Waals surface area contributed by atoms with E-state index in [1.54, 1.807) is 23.1 Å². The summed E-state index contributed by atoms with van der Waals surface area (Å²) < 4.78 is 1.80. The molecule has 4 nitrogen and oxygen atoms in total. The number of hydrogen-bond acceptors (Lipinski definition) is 6. The van der Waals surface area contributed by atoms with Gasteiger partial charge in [-0.05, 0) is 25.2 Å². The molecule has 0 fully saturated rings. The van der Waals surface area contributed by atoms with E-state index in [-0.39, 0.29) is 11.2 Å². The zero-order valence-corrected chi connectivity index (χ0v) is 15.3. The maximum Gasteiger partial charge on any atom is 0.233 e. The predicted octanol–water partition coefficient (Wildman–Crippen LogP) is 3.76. The minimum absolute atomic E-state index is 0.0190. The first kappa shape index (κ1) is 17.3. The number of aryl methyl sites for hydroxylation is 1. The Bertz CT molecular complexity index is 613. The highest BCUT2D eigenvalue weighted by molar-refractivity contribution is 8.03. The molecule has 0 radical (unpaired) electrons. The van der Waals surface area contributed by atoms with E-state index in [9.17, 15) is 4.79 Å². The van der Waals surface area contributed by atoms with Crippen molar-refractivity contribution in [3.05, 3.63) is 35.4 Å². The summed E-state index contributed by atoms with van der Waals surface area (Å²) in [5, 5.41) is 11.0. The highest BCUT2D eigenvalue weighted by atomic mass is 32.2. The lowest BCUT2D eigenvalue weighted by molar-refractivity contribution is -0.120. The summed E-state index contributed by atoms with van der Waals surface area (Å²) in [4.78, 5) is 12.1. The minimum atomic E-state index is -0.183. The van der Waals surface area contributed by atoms with Crippen LogP contribution in [0.1, 0.15) is 25.0 Å². The van der Waals surface area contributed by atoms with Crippen molar-refractivity contribution in [3.63, 3.8) is 0 Å². The second kappa shape index (κ2) is 8.55. The molecule has 1 heterocycles. The Morgan fingerprint density at radius 1 is 1.27 bits per heavy atom. The SMILES string of the molecule is CCSc1nnc(SC(C)C(=O)NCc2ccc(C)cc2)s1. The first-order valence-corrected chi connectivity index (χ1v) is 9.73. The first-order chi connectivity index (χ1) is 10.6. The molecule has 0 aliphatic heterocycles. The van der Waals surface area contributed by atoms with Crippen LogP contribution in [0.2, 0.25) is 0 Å². The van der Waals surface area contributed by atoms with Crippen molar-refractivity contribution in [3.8, 4) is 0 Å². The van der Waals surface area contributed by atoms with E-state index in [1.165, 1.54) is 17.3 Å². The summed E-state index contributed by atoms with van der Waals surface area (Å²) in [5.74, 6) is 0.997. The van der Waals surface area contributed by atoms with E-state index in [1.807, 2.05) is 38.1 Å². The van der Waals surface area contributed by atoms with Crippen molar-refractivity contribution < 1.29 is 4.79 Å². The van der Waals surface area contributed by atoms with Crippen LogP contribution in [0.5, 0.6) is 0 Å². The van der Waals surface area contributed by atoms with Crippen LogP contribution < -0.4 is 5.32 Å². The third kappa shape index (κ3) is 5.30. The average molecular weight is 354 g/mol. The zero-order chi connectivity index (χ0) is 15.9. The van der Waals surface area contributed by atoms with Crippen LogP contribution in [0.3, 0.4) is 0 Å². The molecule has 0 aliphatic rings. The molecular weight excluding hydrogens is 334 g/mol. The van der Waals surface area contributed by atoms with Crippen LogP contribution in [0, 0.1) is 6.92 Å². The van der Waals surface area contributed by atoms with E-state index in [4.69, 9.17) is 0 Å².